The molecule has 0 saturated carbocycles. The summed E-state index contributed by atoms with van der Waals surface area (Å²) in [5, 5.41) is 17.2. The quantitative estimate of drug-likeness (QED) is 0.424. The number of aryl methyl sites for hydroxylation is 1. The van der Waals surface area contributed by atoms with Crippen molar-refractivity contribution in [2.24, 2.45) is 0 Å². The first-order chi connectivity index (χ1) is 16.3. The Bertz CT molecular complexity index is 1180. The average Bonchev–Trinajstić information content (AvgIpc) is 3.54. The minimum absolute atomic E-state index is 0.170. The number of imidazole rings is 1. The lowest BCUT2D eigenvalue weighted by Gasteiger charge is -2.35. The van der Waals surface area contributed by atoms with Crippen molar-refractivity contribution < 1.29 is 5.11 Å². The molecule has 0 unspecified atom stereocenters. The molecule has 0 radical (unpaired) electrons. The Labute approximate surface area is 192 Å². The van der Waals surface area contributed by atoms with Crippen LogP contribution in [0.25, 0.3) is 17.0 Å². The second-order valence-corrected chi connectivity index (χ2v) is 8.26. The Hall–Kier alpha value is -3.53. The topological polar surface area (TPSA) is 110 Å². The van der Waals surface area contributed by atoms with Gasteiger partial charge in [-0.15, -0.1) is 0 Å². The highest BCUT2D eigenvalue weighted by atomic mass is 16.3. The molecule has 10 heteroatoms. The van der Waals surface area contributed by atoms with Crippen LogP contribution in [0.1, 0.15) is 38.2 Å². The number of pyridine rings is 1. The minimum atomic E-state index is 0.170. The van der Waals surface area contributed by atoms with Crippen LogP contribution < -0.4 is 10.2 Å². The summed E-state index contributed by atoms with van der Waals surface area (Å²) in [7, 11) is 0. The van der Waals surface area contributed by atoms with Crippen LogP contribution in [0.4, 0.5) is 11.8 Å². The van der Waals surface area contributed by atoms with Gasteiger partial charge in [-0.1, -0.05) is 6.07 Å². The maximum Gasteiger partial charge on any atom is 0.229 e. The molecule has 1 fully saturated rings. The second-order valence-electron chi connectivity index (χ2n) is 8.26. The summed E-state index contributed by atoms with van der Waals surface area (Å²) < 4.78 is 3.77. The van der Waals surface area contributed by atoms with Crippen LogP contribution >= 0.6 is 0 Å². The number of hydrogen-bond acceptors (Lipinski definition) is 8. The lowest BCUT2D eigenvalue weighted by Crippen LogP contribution is -2.41. The van der Waals surface area contributed by atoms with Crippen LogP contribution in [0.5, 0.6) is 0 Å². The van der Waals surface area contributed by atoms with E-state index >= 15 is 0 Å². The van der Waals surface area contributed by atoms with E-state index in [2.05, 4.69) is 32.2 Å². The summed E-state index contributed by atoms with van der Waals surface area (Å²) in [6, 6.07) is 6.11. The second kappa shape index (κ2) is 9.53. The molecule has 33 heavy (non-hydrogen) atoms. The number of rotatable bonds is 8. The molecule has 172 valence electrons. The van der Waals surface area contributed by atoms with Crippen LogP contribution in [0, 0.1) is 0 Å². The van der Waals surface area contributed by atoms with Gasteiger partial charge in [-0.3, -0.25) is 0 Å². The zero-order valence-electron chi connectivity index (χ0n) is 18.8. The van der Waals surface area contributed by atoms with Gasteiger partial charge in [0, 0.05) is 50.9 Å². The molecule has 0 spiro atoms. The molecule has 4 aromatic rings. The number of nitrogens with one attached hydrogen (secondary N) is 1. The number of hydrogen-bond donors (Lipinski definition) is 2. The third-order valence-electron chi connectivity index (χ3n) is 6.15. The average molecular weight is 448 g/mol. The number of nitrogens with zero attached hydrogens (tertiary/aromatic N) is 8. The molecule has 5 rings (SSSR count). The van der Waals surface area contributed by atoms with Crippen molar-refractivity contribution in [1.82, 2.24) is 34.3 Å². The van der Waals surface area contributed by atoms with Crippen LogP contribution in [0.15, 0.2) is 43.1 Å². The van der Waals surface area contributed by atoms with E-state index in [1.807, 2.05) is 41.5 Å². The molecular formula is C23H29N9O. The van der Waals surface area contributed by atoms with E-state index in [9.17, 15) is 5.11 Å². The molecule has 1 saturated heterocycles. The first kappa shape index (κ1) is 21.3. The summed E-state index contributed by atoms with van der Waals surface area (Å²) in [5.74, 6) is 2.19. The van der Waals surface area contributed by atoms with E-state index in [1.165, 1.54) is 6.42 Å². The van der Waals surface area contributed by atoms with Gasteiger partial charge in [-0.05, 0) is 50.3 Å². The van der Waals surface area contributed by atoms with Gasteiger partial charge in [-0.25, -0.2) is 14.6 Å². The number of fused-ring (bicyclic) bond motifs is 1. The van der Waals surface area contributed by atoms with Gasteiger partial charge in [0.2, 0.25) is 5.95 Å². The van der Waals surface area contributed by atoms with E-state index in [1.54, 1.807) is 10.9 Å². The van der Waals surface area contributed by atoms with Crippen molar-refractivity contribution in [1.29, 1.82) is 0 Å². The van der Waals surface area contributed by atoms with E-state index in [0.717, 1.165) is 54.9 Å². The number of aromatic nitrogens is 7. The first-order valence-electron chi connectivity index (χ1n) is 11.6. The molecule has 5 heterocycles. The molecule has 0 aliphatic carbocycles. The zero-order valence-corrected chi connectivity index (χ0v) is 18.8. The third kappa shape index (κ3) is 4.38. The fourth-order valence-corrected chi connectivity index (χ4v) is 4.38. The number of piperidine rings is 1. The molecule has 1 aliphatic rings. The van der Waals surface area contributed by atoms with E-state index in [-0.39, 0.29) is 12.6 Å². The Morgan fingerprint density at radius 3 is 2.88 bits per heavy atom. The van der Waals surface area contributed by atoms with Gasteiger partial charge < -0.3 is 19.9 Å². The molecule has 1 atom stereocenters. The maximum absolute atomic E-state index is 9.54. The predicted molar refractivity (Wildman–Crippen MR) is 126 cm³/mol. The van der Waals surface area contributed by atoms with Crippen LogP contribution in [-0.2, 0) is 13.1 Å². The van der Waals surface area contributed by atoms with Crippen molar-refractivity contribution in [2.45, 2.75) is 51.7 Å². The van der Waals surface area contributed by atoms with Crippen molar-refractivity contribution in [2.75, 3.05) is 23.4 Å². The van der Waals surface area contributed by atoms with Gasteiger partial charge in [0.15, 0.2) is 22.8 Å². The van der Waals surface area contributed by atoms with E-state index in [0.29, 0.717) is 18.3 Å². The molecule has 0 amide bonds. The van der Waals surface area contributed by atoms with Crippen LogP contribution in [-0.4, -0.2) is 58.6 Å². The molecular weight excluding hydrogens is 418 g/mol. The number of aliphatic hydroxyl groups excluding tert-OH is 1. The summed E-state index contributed by atoms with van der Waals surface area (Å²) in [6.07, 6.45) is 11.3. The maximum atomic E-state index is 9.54. The highest BCUT2D eigenvalue weighted by Crippen LogP contribution is 2.28. The van der Waals surface area contributed by atoms with Gasteiger partial charge in [0.05, 0.1) is 6.33 Å². The monoisotopic (exact) mass is 447 g/mol. The van der Waals surface area contributed by atoms with Crippen molar-refractivity contribution in [3.05, 3.63) is 48.7 Å². The van der Waals surface area contributed by atoms with Crippen LogP contribution in [0.2, 0.25) is 0 Å². The smallest absolute Gasteiger partial charge is 0.229 e. The fourth-order valence-electron chi connectivity index (χ4n) is 4.38. The standard InChI is InChI=1S/C23H29N9O/c1-2-30-16-26-20-21(25-15-17-7-8-19(24-14-17)32-12-5-10-27-32)28-23(29-22(20)30)31-11-4-3-6-18(31)9-13-33/h5,7-8,10,12,14,16,18,33H,2-4,6,9,11,13,15H2,1H3,(H,25,28,29)/t18-/m0/s1. The van der Waals surface area contributed by atoms with Crippen LogP contribution in [0.3, 0.4) is 0 Å². The SMILES string of the molecule is CCn1cnc2c(NCc3ccc(-n4cccn4)nc3)nc(N3CCCC[C@H]3CCO)nc21. The fraction of sp³-hybridized carbons (Fsp3) is 0.435. The summed E-state index contributed by atoms with van der Waals surface area (Å²) in [5.41, 5.74) is 2.62. The third-order valence-corrected chi connectivity index (χ3v) is 6.15. The Morgan fingerprint density at radius 1 is 1.18 bits per heavy atom. The molecule has 10 nitrogen and oxygen atoms in total. The summed E-state index contributed by atoms with van der Waals surface area (Å²) >= 11 is 0. The normalized spacial score (nSPS) is 16.4. The highest BCUT2D eigenvalue weighted by Gasteiger charge is 2.26. The Morgan fingerprint density at radius 2 is 2.12 bits per heavy atom. The number of aliphatic hydroxyl groups is 1. The van der Waals surface area contributed by atoms with Gasteiger partial charge in [0.1, 0.15) is 0 Å². The highest BCUT2D eigenvalue weighted by molar-refractivity contribution is 5.84. The van der Waals surface area contributed by atoms with Crippen molar-refractivity contribution in [3.8, 4) is 5.82 Å². The molecule has 0 aromatic carbocycles. The zero-order chi connectivity index (χ0) is 22.6. The summed E-state index contributed by atoms with van der Waals surface area (Å²) in [6.45, 7) is 4.50. The Kier molecular flexibility index (Phi) is 6.16. The van der Waals surface area contributed by atoms with Crippen molar-refractivity contribution in [3.63, 3.8) is 0 Å². The molecule has 2 N–H and O–H groups in total. The molecule has 0 bridgehead atoms. The largest absolute Gasteiger partial charge is 0.396 e. The lowest BCUT2D eigenvalue weighted by atomic mass is 10.0. The van der Waals surface area contributed by atoms with E-state index in [4.69, 9.17) is 9.97 Å². The summed E-state index contributed by atoms with van der Waals surface area (Å²) in [4.78, 5) is 21.1. The first-order valence-corrected chi connectivity index (χ1v) is 11.6. The molecule has 4 aromatic heterocycles. The van der Waals surface area contributed by atoms with Gasteiger partial charge in [-0.2, -0.15) is 15.1 Å². The van der Waals surface area contributed by atoms with Gasteiger partial charge in [0.25, 0.3) is 0 Å². The Balaban J connectivity index is 1.42. The van der Waals surface area contributed by atoms with E-state index < -0.39 is 0 Å². The minimum Gasteiger partial charge on any atom is -0.396 e. The molecule has 1 aliphatic heterocycles. The lowest BCUT2D eigenvalue weighted by molar-refractivity contribution is 0.262. The van der Waals surface area contributed by atoms with Crippen molar-refractivity contribution >= 4 is 22.9 Å². The predicted octanol–water partition coefficient (Wildman–Crippen LogP) is 2.78. The van der Waals surface area contributed by atoms with Gasteiger partial charge >= 0.3 is 0 Å². The number of anilines is 2.